The van der Waals surface area contributed by atoms with Crippen molar-refractivity contribution in [1.82, 2.24) is 4.90 Å². The zero-order valence-electron chi connectivity index (χ0n) is 45.6. The average Bonchev–Trinajstić information content (AvgIpc) is 3.58. The fraction of sp³-hybridized carbons (Fsp3) is 0.100. The molecule has 0 aliphatic carbocycles. The Kier molecular flexibility index (Phi) is 23.2. The molecular weight excluding hydrogens is 1040 g/mol. The predicted octanol–water partition coefficient (Wildman–Crippen LogP) is 11.8. The monoisotopic (exact) mass is 1110 g/mol. The Bertz CT molecular complexity index is 2750. The normalized spacial score (nSPS) is 10.7. The molecule has 0 amide bonds. The molecule has 1 N–H and O–H groups in total. The zero-order chi connectivity index (χ0) is 55.6. The van der Waals surface area contributed by atoms with Crippen LogP contribution in [0.5, 0.6) is 0 Å². The summed E-state index contributed by atoms with van der Waals surface area (Å²) in [6.07, 6.45) is 0. The summed E-state index contributed by atoms with van der Waals surface area (Å²) in [5.74, 6) is 0. The second kappa shape index (κ2) is 30.4. The van der Waals surface area contributed by atoms with Gasteiger partial charge in [-0.1, -0.05) is 321 Å². The lowest BCUT2D eigenvalue weighted by atomic mass is 10.1. The van der Waals surface area contributed by atoms with Crippen molar-refractivity contribution in [3.05, 3.63) is 319 Å². The quantitative estimate of drug-likeness (QED) is 0.0574. The van der Waals surface area contributed by atoms with Gasteiger partial charge in [0.15, 0.2) is 0 Å². The summed E-state index contributed by atoms with van der Waals surface area (Å²) in [5.41, 5.74) is 3.71. The van der Waals surface area contributed by atoms with Crippen LogP contribution in [0.3, 0.4) is 0 Å². The van der Waals surface area contributed by atoms with Gasteiger partial charge in [-0.3, -0.25) is 0 Å². The first-order valence-electron chi connectivity index (χ1n) is 26.2. The number of hydrogen-bond donors (Lipinski definition) is 1. The fourth-order valence-electron chi connectivity index (χ4n) is 9.27. The Labute approximate surface area is 477 Å². The number of benzene rings is 10. The molecule has 10 rings (SSSR count). The van der Waals surface area contributed by atoms with Crippen LogP contribution in [0.25, 0.3) is 0 Å². The average molecular weight is 1110 g/mol. The van der Waals surface area contributed by atoms with Gasteiger partial charge in [-0.05, 0) is 78.6 Å². The van der Waals surface area contributed by atoms with Crippen LogP contribution in [0.2, 0.25) is 6.55 Å². The first-order chi connectivity index (χ1) is 37.9. The van der Waals surface area contributed by atoms with Gasteiger partial charge in [0.25, 0.3) is 8.32 Å². The minimum Gasteiger partial charge on any atom is -0.421 e. The number of rotatable bonds is 12. The van der Waals surface area contributed by atoms with Gasteiger partial charge in [-0.25, -0.2) is 0 Å². The van der Waals surface area contributed by atoms with E-state index in [4.69, 9.17) is 27.9 Å². The third-order valence-electron chi connectivity index (χ3n) is 13.4. The van der Waals surface area contributed by atoms with Crippen molar-refractivity contribution in [2.45, 2.75) is 40.8 Å². The first kappa shape index (κ1) is 59.7. The smallest absolute Gasteiger partial charge is 0.285 e. The molecule has 0 fully saturated rings. The van der Waals surface area contributed by atoms with E-state index in [0.29, 0.717) is 0 Å². The van der Waals surface area contributed by atoms with Gasteiger partial charge < -0.3 is 9.70 Å². The third kappa shape index (κ3) is 15.8. The van der Waals surface area contributed by atoms with Crippen molar-refractivity contribution in [3.8, 4) is 6.07 Å². The van der Waals surface area contributed by atoms with Crippen LogP contribution in [-0.2, 0) is 6.54 Å². The number of nitrogens with zero attached hydrogens (tertiary/aromatic N) is 2. The number of hydrogen-bond acceptors (Lipinski definition) is 3. The fourth-order valence-corrected chi connectivity index (χ4v) is 20.0. The van der Waals surface area contributed by atoms with E-state index in [-0.39, 0.29) is 0 Å². The number of aryl methyl sites for hydroxylation is 1. The summed E-state index contributed by atoms with van der Waals surface area (Å²) in [6, 6.07) is 104. The summed E-state index contributed by atoms with van der Waals surface area (Å²) in [7, 11) is -5.15. The molecule has 0 bridgehead atoms. The van der Waals surface area contributed by atoms with E-state index in [1.54, 1.807) is 6.07 Å². The maximum absolute atomic E-state index is 11.6. The van der Waals surface area contributed by atoms with E-state index in [2.05, 4.69) is 206 Å². The van der Waals surface area contributed by atoms with E-state index in [0.717, 1.165) is 32.8 Å². The molecule has 0 aliphatic rings. The zero-order valence-corrected chi connectivity index (χ0v) is 50.1. The Morgan fingerprint density at radius 2 is 0.641 bits per heavy atom. The molecule has 0 saturated carbocycles. The molecular formula is C70H70Cl2N2OSi3. The van der Waals surface area contributed by atoms with Crippen LogP contribution >= 0.6 is 22.7 Å². The number of allylic oxidation sites excluding steroid dienone is 1. The topological polar surface area (TPSA) is 47.3 Å². The molecule has 0 atom stereocenters. The van der Waals surface area contributed by atoms with Gasteiger partial charge in [0.2, 0.25) is 7.38 Å². The van der Waals surface area contributed by atoms with Gasteiger partial charge in [0, 0.05) is 20.5 Å². The van der Waals surface area contributed by atoms with Gasteiger partial charge in [-0.2, -0.15) is 5.26 Å². The standard InChI is InChI=1S/C19H18Si.C18H15ClSi.C18H16OSi.C13H18ClN.C2H3N/c1-20(17-11-5-2-6-12-17,18-13-7-3-8-14-18)19-15-9-4-10-16-19;2*19-20(16-10-4-1-5-11-16,17-12-6-2-7-13-17)18-14-8-3-9-15-18;1-10(2)13(14)15(4)9-12-7-5-11(3)6-8-12;1-2-3/h2-16H,1H3;1-15H;1-15,19H;5-8H,9H2,1-4H3;1H3. The van der Waals surface area contributed by atoms with Gasteiger partial charge in [0.1, 0.15) is 13.2 Å². The van der Waals surface area contributed by atoms with E-state index >= 15 is 0 Å². The predicted molar refractivity (Wildman–Crippen MR) is 344 cm³/mol. The van der Waals surface area contributed by atoms with Crippen LogP contribution in [0.4, 0.5) is 0 Å². The van der Waals surface area contributed by atoms with Crippen molar-refractivity contribution in [1.29, 1.82) is 5.26 Å². The highest BCUT2D eigenvalue weighted by molar-refractivity contribution is 7.40. The lowest BCUT2D eigenvalue weighted by molar-refractivity contribution is 0.433. The molecule has 78 heavy (non-hydrogen) atoms. The van der Waals surface area contributed by atoms with E-state index in [1.165, 1.54) is 49.2 Å². The molecule has 392 valence electrons. The van der Waals surface area contributed by atoms with Gasteiger partial charge >= 0.3 is 0 Å². The molecule has 0 unspecified atom stereocenters. The molecule has 0 aromatic heterocycles. The minimum absolute atomic E-state index is 0.829. The Morgan fingerprint density at radius 3 is 0.872 bits per heavy atom. The summed E-state index contributed by atoms with van der Waals surface area (Å²) in [6.45, 7) is 10.9. The van der Waals surface area contributed by atoms with E-state index in [9.17, 15) is 4.80 Å². The van der Waals surface area contributed by atoms with E-state index in [1.807, 2.05) is 130 Å². The SMILES string of the molecule is CC#N.CC(C)=C(Cl)N(C)Cc1ccc(C)cc1.C[Si](c1ccccc1)(c1ccccc1)c1ccccc1.Cl[Si](c1ccccc1)(c1ccccc1)c1ccccc1.O[Si](c1ccccc1)(c1ccccc1)c1ccccc1. The Morgan fingerprint density at radius 1 is 0.423 bits per heavy atom. The maximum Gasteiger partial charge on any atom is 0.285 e. The van der Waals surface area contributed by atoms with Crippen LogP contribution in [0.1, 0.15) is 31.9 Å². The highest BCUT2D eigenvalue weighted by atomic mass is 35.6. The van der Waals surface area contributed by atoms with Gasteiger partial charge in [-0.15, -0.1) is 11.1 Å². The van der Waals surface area contributed by atoms with Crippen molar-refractivity contribution in [2.75, 3.05) is 7.05 Å². The second-order valence-corrected chi connectivity index (χ2v) is 31.4. The molecule has 3 nitrogen and oxygen atoms in total. The first-order valence-corrected chi connectivity index (χ1v) is 34.0. The van der Waals surface area contributed by atoms with Crippen LogP contribution < -0.4 is 46.7 Å². The maximum atomic E-state index is 11.6. The summed E-state index contributed by atoms with van der Waals surface area (Å²) in [4.78, 5) is 13.6. The highest BCUT2D eigenvalue weighted by Gasteiger charge is 2.39. The molecule has 10 aromatic carbocycles. The van der Waals surface area contributed by atoms with Crippen molar-refractivity contribution in [2.24, 2.45) is 0 Å². The van der Waals surface area contributed by atoms with E-state index < -0.39 is 23.8 Å². The summed E-state index contributed by atoms with van der Waals surface area (Å²) in [5, 5.41) is 19.2. The summed E-state index contributed by atoms with van der Waals surface area (Å²) >= 11 is 13.4. The van der Waals surface area contributed by atoms with Crippen molar-refractivity contribution >= 4 is 93.1 Å². The largest absolute Gasteiger partial charge is 0.421 e. The molecule has 10 aromatic rings. The number of halogens is 2. The van der Waals surface area contributed by atoms with Gasteiger partial charge in [0.05, 0.1) is 6.07 Å². The Balaban J connectivity index is 0.000000166. The van der Waals surface area contributed by atoms with Crippen molar-refractivity contribution < 1.29 is 4.80 Å². The Hall–Kier alpha value is -7.58. The molecule has 0 aliphatic heterocycles. The molecule has 0 saturated heterocycles. The second-order valence-electron chi connectivity index (χ2n) is 19.1. The molecule has 8 heteroatoms. The minimum atomic E-state index is -2.88. The molecule has 0 radical (unpaired) electrons. The van der Waals surface area contributed by atoms with Crippen LogP contribution in [0.15, 0.2) is 308 Å². The lowest BCUT2D eigenvalue weighted by Gasteiger charge is -2.29. The van der Waals surface area contributed by atoms with Crippen LogP contribution in [-0.4, -0.2) is 40.5 Å². The summed E-state index contributed by atoms with van der Waals surface area (Å²) < 4.78 is 0. The lowest BCUT2D eigenvalue weighted by Crippen LogP contribution is -2.67. The highest BCUT2D eigenvalue weighted by Crippen LogP contribution is 2.17. The molecule has 0 heterocycles. The third-order valence-corrected chi connectivity index (χ3v) is 27.4. The van der Waals surface area contributed by atoms with Crippen LogP contribution in [0, 0.1) is 18.3 Å². The number of nitriles is 1. The molecule has 0 spiro atoms. The van der Waals surface area contributed by atoms with Crippen molar-refractivity contribution in [3.63, 3.8) is 0 Å².